The topological polar surface area (TPSA) is 18.5 Å². The molecule has 1 saturated carbocycles. The first-order valence-corrected chi connectivity index (χ1v) is 11.6. The molecule has 2 heteroatoms. The standard InChI is InChI=1S/C25H40O2/c1-3-5-7-8-20-10-12-21(13-11-20)22-14-16-23(17-15-22)25-19-26-24(18-27-25)9-6-4-2/h14-17,20-21,24-25H,3-13,18-19H2,1-2H3/t20-,21-,24-,25-/m0/s1. The minimum atomic E-state index is 0.117. The molecule has 0 amide bonds. The molecule has 0 aromatic heterocycles. The predicted molar refractivity (Wildman–Crippen MR) is 113 cm³/mol. The van der Waals surface area contributed by atoms with Crippen LogP contribution in [-0.4, -0.2) is 19.3 Å². The predicted octanol–water partition coefficient (Wildman–Crippen LogP) is 7.19. The van der Waals surface area contributed by atoms with Gasteiger partial charge in [-0.1, -0.05) is 76.6 Å². The monoisotopic (exact) mass is 372 g/mol. The minimum Gasteiger partial charge on any atom is -0.373 e. The number of hydrogen-bond donors (Lipinski definition) is 0. The molecule has 0 unspecified atom stereocenters. The summed E-state index contributed by atoms with van der Waals surface area (Å²) in [5, 5.41) is 0. The van der Waals surface area contributed by atoms with Crippen LogP contribution >= 0.6 is 0 Å². The second kappa shape index (κ2) is 11.2. The Hall–Kier alpha value is -0.860. The maximum atomic E-state index is 6.09. The lowest BCUT2D eigenvalue weighted by Crippen LogP contribution is -2.31. The first-order chi connectivity index (χ1) is 13.3. The molecule has 0 spiro atoms. The number of rotatable bonds is 9. The van der Waals surface area contributed by atoms with Gasteiger partial charge in [-0.3, -0.25) is 0 Å². The fraction of sp³-hybridized carbons (Fsp3) is 0.760. The van der Waals surface area contributed by atoms with Crippen molar-refractivity contribution in [2.75, 3.05) is 13.2 Å². The maximum Gasteiger partial charge on any atom is 0.106 e. The van der Waals surface area contributed by atoms with Crippen LogP contribution in [-0.2, 0) is 9.47 Å². The lowest BCUT2D eigenvalue weighted by Gasteiger charge is -2.31. The summed E-state index contributed by atoms with van der Waals surface area (Å²) in [5.74, 6) is 1.75. The SMILES string of the molecule is CCCCC[C@H]1CC[C@H](c2ccc([C@@H]3CO[C@@H](CCCC)CO3)cc2)CC1. The van der Waals surface area contributed by atoms with Crippen molar-refractivity contribution in [1.82, 2.24) is 0 Å². The Labute approximate surface area is 167 Å². The van der Waals surface area contributed by atoms with Crippen molar-refractivity contribution in [3.05, 3.63) is 35.4 Å². The van der Waals surface area contributed by atoms with Crippen LogP contribution < -0.4 is 0 Å². The van der Waals surface area contributed by atoms with Crippen LogP contribution in [0.15, 0.2) is 24.3 Å². The summed E-state index contributed by atoms with van der Waals surface area (Å²) in [4.78, 5) is 0. The Morgan fingerprint density at radius 1 is 0.741 bits per heavy atom. The summed E-state index contributed by atoms with van der Waals surface area (Å²) in [7, 11) is 0. The fourth-order valence-corrected chi connectivity index (χ4v) is 4.78. The lowest BCUT2D eigenvalue weighted by molar-refractivity contribution is -0.137. The highest BCUT2D eigenvalue weighted by Gasteiger charge is 2.25. The third-order valence-corrected chi connectivity index (χ3v) is 6.69. The summed E-state index contributed by atoms with van der Waals surface area (Å²) in [5.41, 5.74) is 2.81. The second-order valence-electron chi connectivity index (χ2n) is 8.80. The van der Waals surface area contributed by atoms with Gasteiger partial charge >= 0.3 is 0 Å². The smallest absolute Gasteiger partial charge is 0.106 e. The van der Waals surface area contributed by atoms with E-state index in [1.807, 2.05) is 0 Å². The molecule has 0 radical (unpaired) electrons. The summed E-state index contributed by atoms with van der Waals surface area (Å²) < 4.78 is 12.1. The van der Waals surface area contributed by atoms with E-state index in [1.54, 1.807) is 0 Å². The molecule has 1 aromatic carbocycles. The molecule has 2 nitrogen and oxygen atoms in total. The molecule has 1 aliphatic heterocycles. The average Bonchev–Trinajstić information content (AvgIpc) is 2.73. The normalized spacial score (nSPS) is 29.0. The third kappa shape index (κ3) is 6.32. The number of unbranched alkanes of at least 4 members (excludes halogenated alkanes) is 3. The molecular formula is C25H40O2. The molecule has 1 heterocycles. The highest BCUT2D eigenvalue weighted by Crippen LogP contribution is 2.38. The van der Waals surface area contributed by atoms with Gasteiger partial charge < -0.3 is 9.47 Å². The van der Waals surface area contributed by atoms with Crippen molar-refractivity contribution in [1.29, 1.82) is 0 Å². The van der Waals surface area contributed by atoms with Crippen molar-refractivity contribution < 1.29 is 9.47 Å². The summed E-state index contributed by atoms with van der Waals surface area (Å²) in [6.07, 6.45) is 15.2. The fourth-order valence-electron chi connectivity index (χ4n) is 4.78. The first-order valence-electron chi connectivity index (χ1n) is 11.6. The van der Waals surface area contributed by atoms with E-state index in [9.17, 15) is 0 Å². The molecule has 0 N–H and O–H groups in total. The van der Waals surface area contributed by atoms with E-state index in [-0.39, 0.29) is 6.10 Å². The van der Waals surface area contributed by atoms with Crippen molar-refractivity contribution >= 4 is 0 Å². The van der Waals surface area contributed by atoms with Gasteiger partial charge in [0, 0.05) is 0 Å². The Morgan fingerprint density at radius 2 is 1.44 bits per heavy atom. The minimum absolute atomic E-state index is 0.117. The average molecular weight is 373 g/mol. The van der Waals surface area contributed by atoms with E-state index in [4.69, 9.17) is 9.47 Å². The summed E-state index contributed by atoms with van der Waals surface area (Å²) in [6.45, 7) is 5.98. The van der Waals surface area contributed by atoms with Gasteiger partial charge in [0.15, 0.2) is 0 Å². The molecule has 3 rings (SSSR count). The van der Waals surface area contributed by atoms with E-state index in [0.717, 1.165) is 24.9 Å². The molecule has 0 bridgehead atoms. The van der Waals surface area contributed by atoms with E-state index < -0.39 is 0 Å². The summed E-state index contributed by atoms with van der Waals surface area (Å²) >= 11 is 0. The van der Waals surface area contributed by atoms with Crippen LogP contribution in [0.1, 0.15) is 108 Å². The molecule has 27 heavy (non-hydrogen) atoms. The van der Waals surface area contributed by atoms with Gasteiger partial charge in [0.1, 0.15) is 6.10 Å². The van der Waals surface area contributed by atoms with E-state index in [1.165, 1.54) is 75.3 Å². The quantitative estimate of drug-likeness (QED) is 0.427. The molecule has 2 fully saturated rings. The molecule has 2 atom stereocenters. The van der Waals surface area contributed by atoms with Crippen LogP contribution in [0.3, 0.4) is 0 Å². The van der Waals surface area contributed by atoms with Crippen LogP contribution in [0.4, 0.5) is 0 Å². The maximum absolute atomic E-state index is 6.09. The van der Waals surface area contributed by atoms with Crippen molar-refractivity contribution in [2.24, 2.45) is 5.92 Å². The van der Waals surface area contributed by atoms with Crippen molar-refractivity contribution in [2.45, 2.75) is 103 Å². The zero-order chi connectivity index (χ0) is 18.9. The molecule has 2 aliphatic rings. The van der Waals surface area contributed by atoms with Gasteiger partial charge in [-0.15, -0.1) is 0 Å². The second-order valence-corrected chi connectivity index (χ2v) is 8.80. The van der Waals surface area contributed by atoms with E-state index in [2.05, 4.69) is 38.1 Å². The Balaban J connectivity index is 1.43. The van der Waals surface area contributed by atoms with E-state index in [0.29, 0.717) is 12.7 Å². The van der Waals surface area contributed by atoms with Gasteiger partial charge in [-0.25, -0.2) is 0 Å². The lowest BCUT2D eigenvalue weighted by atomic mass is 9.77. The van der Waals surface area contributed by atoms with Crippen LogP contribution in [0.2, 0.25) is 0 Å². The zero-order valence-corrected chi connectivity index (χ0v) is 17.6. The molecule has 152 valence electrons. The highest BCUT2D eigenvalue weighted by molar-refractivity contribution is 5.27. The Kier molecular flexibility index (Phi) is 8.67. The Bertz CT molecular complexity index is 508. The van der Waals surface area contributed by atoms with Crippen LogP contribution in [0.5, 0.6) is 0 Å². The Morgan fingerprint density at radius 3 is 2.07 bits per heavy atom. The van der Waals surface area contributed by atoms with Gasteiger partial charge in [0.25, 0.3) is 0 Å². The number of benzene rings is 1. The van der Waals surface area contributed by atoms with Gasteiger partial charge in [-0.05, 0) is 55.1 Å². The molecular weight excluding hydrogens is 332 g/mol. The first kappa shape index (κ1) is 20.9. The summed E-state index contributed by atoms with van der Waals surface area (Å²) in [6, 6.07) is 9.26. The third-order valence-electron chi connectivity index (χ3n) is 6.69. The van der Waals surface area contributed by atoms with Crippen molar-refractivity contribution in [3.8, 4) is 0 Å². The van der Waals surface area contributed by atoms with Gasteiger partial charge in [-0.2, -0.15) is 0 Å². The number of ether oxygens (including phenoxy) is 2. The van der Waals surface area contributed by atoms with Crippen molar-refractivity contribution in [3.63, 3.8) is 0 Å². The molecule has 1 aromatic rings. The zero-order valence-electron chi connectivity index (χ0n) is 17.6. The van der Waals surface area contributed by atoms with Gasteiger partial charge in [0.05, 0.1) is 19.3 Å². The molecule has 1 saturated heterocycles. The largest absolute Gasteiger partial charge is 0.373 e. The van der Waals surface area contributed by atoms with E-state index >= 15 is 0 Å². The van der Waals surface area contributed by atoms with Gasteiger partial charge in [0.2, 0.25) is 0 Å². The van der Waals surface area contributed by atoms with Crippen LogP contribution in [0, 0.1) is 5.92 Å². The highest BCUT2D eigenvalue weighted by atomic mass is 16.6. The number of hydrogen-bond acceptors (Lipinski definition) is 2. The van der Waals surface area contributed by atoms with Crippen LogP contribution in [0.25, 0.3) is 0 Å². The molecule has 1 aliphatic carbocycles.